The van der Waals surface area contributed by atoms with Crippen LogP contribution < -0.4 is 5.32 Å². The summed E-state index contributed by atoms with van der Waals surface area (Å²) in [6, 6.07) is 14.3. The molecule has 23 heavy (non-hydrogen) atoms. The van der Waals surface area contributed by atoms with Gasteiger partial charge in [-0.1, -0.05) is 36.4 Å². The third-order valence-electron chi connectivity index (χ3n) is 4.52. The van der Waals surface area contributed by atoms with Crippen LogP contribution in [0.2, 0.25) is 0 Å². The standard InChI is InChI=1S/C19H24N2O2/c1-14(22)12-16-8-5-11-21(16)13-19(23)20-18-10-4-7-15-6-2-3-9-17(15)18/h2-4,6-7,9-10,14,16,22H,5,8,11-13H2,1H3,(H,20,23). The lowest BCUT2D eigenvalue weighted by Gasteiger charge is -2.24. The normalized spacial score (nSPS) is 19.8. The van der Waals surface area contributed by atoms with E-state index in [4.69, 9.17) is 0 Å². The molecule has 0 saturated carbocycles. The van der Waals surface area contributed by atoms with Gasteiger partial charge >= 0.3 is 0 Å². The molecular formula is C19H24N2O2. The van der Waals surface area contributed by atoms with Crippen LogP contribution in [0.25, 0.3) is 10.8 Å². The highest BCUT2D eigenvalue weighted by Crippen LogP contribution is 2.24. The number of anilines is 1. The molecule has 3 rings (SSSR count). The first kappa shape index (κ1) is 16.0. The lowest BCUT2D eigenvalue weighted by molar-refractivity contribution is -0.117. The molecule has 2 aromatic carbocycles. The predicted molar refractivity (Wildman–Crippen MR) is 93.5 cm³/mol. The molecule has 4 nitrogen and oxygen atoms in total. The quantitative estimate of drug-likeness (QED) is 0.892. The Kier molecular flexibility index (Phi) is 4.94. The summed E-state index contributed by atoms with van der Waals surface area (Å²) >= 11 is 0. The molecule has 1 saturated heterocycles. The number of nitrogens with zero attached hydrogens (tertiary/aromatic N) is 1. The molecule has 4 heteroatoms. The van der Waals surface area contributed by atoms with Crippen LogP contribution in [0, 0.1) is 0 Å². The Morgan fingerprint density at radius 2 is 2.09 bits per heavy atom. The predicted octanol–water partition coefficient (Wildman–Crippen LogP) is 3.01. The van der Waals surface area contributed by atoms with Gasteiger partial charge in [0.15, 0.2) is 0 Å². The lowest BCUT2D eigenvalue weighted by Crippen LogP contribution is -2.38. The largest absolute Gasteiger partial charge is 0.393 e. The fraction of sp³-hybridized carbons (Fsp3) is 0.421. The summed E-state index contributed by atoms with van der Waals surface area (Å²) < 4.78 is 0. The molecule has 0 bridgehead atoms. The Balaban J connectivity index is 1.67. The minimum Gasteiger partial charge on any atom is -0.393 e. The molecule has 2 aromatic rings. The molecule has 0 aliphatic carbocycles. The number of hydrogen-bond donors (Lipinski definition) is 2. The zero-order valence-electron chi connectivity index (χ0n) is 13.5. The van der Waals surface area contributed by atoms with Crippen molar-refractivity contribution in [3.8, 4) is 0 Å². The highest BCUT2D eigenvalue weighted by Gasteiger charge is 2.27. The van der Waals surface area contributed by atoms with E-state index >= 15 is 0 Å². The number of amides is 1. The van der Waals surface area contributed by atoms with E-state index in [-0.39, 0.29) is 12.0 Å². The molecule has 0 radical (unpaired) electrons. The van der Waals surface area contributed by atoms with Gasteiger partial charge in [-0.25, -0.2) is 0 Å². The van der Waals surface area contributed by atoms with Crippen LogP contribution in [0.1, 0.15) is 26.2 Å². The zero-order chi connectivity index (χ0) is 16.2. The Bertz CT molecular complexity index is 679. The number of nitrogens with one attached hydrogen (secondary N) is 1. The minimum atomic E-state index is -0.318. The van der Waals surface area contributed by atoms with E-state index in [1.807, 2.05) is 49.4 Å². The van der Waals surface area contributed by atoms with Gasteiger partial charge in [-0.3, -0.25) is 9.69 Å². The van der Waals surface area contributed by atoms with Gasteiger partial charge in [0.1, 0.15) is 0 Å². The fourth-order valence-corrected chi connectivity index (χ4v) is 3.47. The molecule has 2 unspecified atom stereocenters. The molecule has 2 atom stereocenters. The van der Waals surface area contributed by atoms with Gasteiger partial charge in [0.05, 0.1) is 12.6 Å². The number of rotatable bonds is 5. The maximum Gasteiger partial charge on any atom is 0.238 e. The molecule has 1 aliphatic heterocycles. The number of carbonyl (C=O) groups excluding carboxylic acids is 1. The van der Waals surface area contributed by atoms with Gasteiger partial charge in [-0.15, -0.1) is 0 Å². The van der Waals surface area contributed by atoms with Crippen molar-refractivity contribution in [1.29, 1.82) is 0 Å². The summed E-state index contributed by atoms with van der Waals surface area (Å²) in [6.45, 7) is 3.13. The highest BCUT2D eigenvalue weighted by molar-refractivity contribution is 6.02. The first-order valence-electron chi connectivity index (χ1n) is 8.33. The average molecular weight is 312 g/mol. The van der Waals surface area contributed by atoms with Crippen LogP contribution in [0.3, 0.4) is 0 Å². The second-order valence-electron chi connectivity index (χ2n) is 6.43. The fourth-order valence-electron chi connectivity index (χ4n) is 3.47. The van der Waals surface area contributed by atoms with Gasteiger partial charge in [0.25, 0.3) is 0 Å². The number of aliphatic hydroxyl groups excluding tert-OH is 1. The van der Waals surface area contributed by atoms with Crippen molar-refractivity contribution in [3.63, 3.8) is 0 Å². The first-order chi connectivity index (χ1) is 11.1. The SMILES string of the molecule is CC(O)CC1CCCN1CC(=O)Nc1cccc2ccccc12. The topological polar surface area (TPSA) is 52.6 Å². The van der Waals surface area contributed by atoms with Crippen molar-refractivity contribution in [1.82, 2.24) is 4.90 Å². The van der Waals surface area contributed by atoms with Crippen molar-refractivity contribution in [2.45, 2.75) is 38.3 Å². The average Bonchev–Trinajstić information content (AvgIpc) is 2.94. The monoisotopic (exact) mass is 312 g/mol. The zero-order valence-corrected chi connectivity index (χ0v) is 13.5. The van der Waals surface area contributed by atoms with E-state index in [9.17, 15) is 9.90 Å². The lowest BCUT2D eigenvalue weighted by atomic mass is 10.1. The van der Waals surface area contributed by atoms with Crippen LogP contribution in [0.5, 0.6) is 0 Å². The van der Waals surface area contributed by atoms with Gasteiger partial charge in [0, 0.05) is 17.1 Å². The minimum absolute atomic E-state index is 0.0128. The van der Waals surface area contributed by atoms with Crippen LogP contribution in [-0.4, -0.2) is 41.1 Å². The molecule has 1 aliphatic rings. The smallest absolute Gasteiger partial charge is 0.238 e. The van der Waals surface area contributed by atoms with E-state index < -0.39 is 0 Å². The van der Waals surface area contributed by atoms with Crippen molar-refractivity contribution in [2.75, 3.05) is 18.4 Å². The van der Waals surface area contributed by atoms with E-state index in [1.54, 1.807) is 0 Å². The van der Waals surface area contributed by atoms with E-state index in [0.717, 1.165) is 42.3 Å². The summed E-state index contributed by atoms with van der Waals surface area (Å²) in [6.07, 6.45) is 2.58. The van der Waals surface area contributed by atoms with Crippen molar-refractivity contribution in [2.24, 2.45) is 0 Å². The Labute approximate surface area is 137 Å². The van der Waals surface area contributed by atoms with Gasteiger partial charge in [0.2, 0.25) is 5.91 Å². The van der Waals surface area contributed by atoms with Crippen LogP contribution in [0.4, 0.5) is 5.69 Å². The summed E-state index contributed by atoms with van der Waals surface area (Å²) in [4.78, 5) is 14.6. The van der Waals surface area contributed by atoms with E-state index in [2.05, 4.69) is 10.2 Å². The number of hydrogen-bond acceptors (Lipinski definition) is 3. The maximum absolute atomic E-state index is 12.4. The Morgan fingerprint density at radius 3 is 2.91 bits per heavy atom. The van der Waals surface area contributed by atoms with Crippen molar-refractivity contribution in [3.05, 3.63) is 42.5 Å². The molecular weight excluding hydrogens is 288 g/mol. The Hall–Kier alpha value is -1.91. The second kappa shape index (κ2) is 7.11. The molecule has 1 heterocycles. The number of benzene rings is 2. The summed E-state index contributed by atoms with van der Waals surface area (Å²) in [5.41, 5.74) is 0.861. The number of carbonyl (C=O) groups is 1. The molecule has 122 valence electrons. The molecule has 1 fully saturated rings. The van der Waals surface area contributed by atoms with Crippen molar-refractivity contribution < 1.29 is 9.90 Å². The summed E-state index contributed by atoms with van der Waals surface area (Å²) in [5.74, 6) is 0.0128. The van der Waals surface area contributed by atoms with Crippen molar-refractivity contribution >= 4 is 22.4 Å². The van der Waals surface area contributed by atoms with E-state index in [1.165, 1.54) is 0 Å². The van der Waals surface area contributed by atoms with Crippen LogP contribution in [-0.2, 0) is 4.79 Å². The molecule has 0 aromatic heterocycles. The van der Waals surface area contributed by atoms with Crippen LogP contribution in [0.15, 0.2) is 42.5 Å². The maximum atomic E-state index is 12.4. The third kappa shape index (κ3) is 3.89. The van der Waals surface area contributed by atoms with E-state index in [0.29, 0.717) is 12.6 Å². The molecule has 0 spiro atoms. The molecule has 1 amide bonds. The summed E-state index contributed by atoms with van der Waals surface area (Å²) in [7, 11) is 0. The number of aliphatic hydroxyl groups is 1. The van der Waals surface area contributed by atoms with Gasteiger partial charge in [-0.2, -0.15) is 0 Å². The number of likely N-dealkylation sites (tertiary alicyclic amines) is 1. The number of fused-ring (bicyclic) bond motifs is 1. The van der Waals surface area contributed by atoms with Crippen LogP contribution >= 0.6 is 0 Å². The molecule has 2 N–H and O–H groups in total. The highest BCUT2D eigenvalue weighted by atomic mass is 16.3. The van der Waals surface area contributed by atoms with Gasteiger partial charge < -0.3 is 10.4 Å². The third-order valence-corrected chi connectivity index (χ3v) is 4.52. The Morgan fingerprint density at radius 1 is 1.30 bits per heavy atom. The summed E-state index contributed by atoms with van der Waals surface area (Å²) in [5, 5.41) is 14.8. The first-order valence-corrected chi connectivity index (χ1v) is 8.33. The van der Waals surface area contributed by atoms with Gasteiger partial charge in [-0.05, 0) is 44.2 Å². The second-order valence-corrected chi connectivity index (χ2v) is 6.43.